The van der Waals surface area contributed by atoms with Gasteiger partial charge in [-0.25, -0.2) is 0 Å². The van der Waals surface area contributed by atoms with E-state index in [1.807, 2.05) is 12.1 Å². The van der Waals surface area contributed by atoms with E-state index in [4.69, 9.17) is 10.5 Å². The van der Waals surface area contributed by atoms with Gasteiger partial charge in [-0.2, -0.15) is 14.9 Å². The fraction of sp³-hybridized carbons (Fsp3) is 0. The zero-order valence-corrected chi connectivity index (χ0v) is 7.73. The van der Waals surface area contributed by atoms with Crippen LogP contribution in [-0.4, -0.2) is 0 Å². The summed E-state index contributed by atoms with van der Waals surface area (Å²) in [6, 6.07) is 8.26. The van der Waals surface area contributed by atoms with E-state index in [2.05, 4.69) is 0 Å². The molecule has 0 aliphatic rings. The molecule has 0 aliphatic carbocycles. The molecule has 0 fully saturated rings. The van der Waals surface area contributed by atoms with Gasteiger partial charge in [0.1, 0.15) is 12.1 Å². The van der Waals surface area contributed by atoms with Crippen LogP contribution < -0.4 is 0 Å². The number of nitrogens with zero attached hydrogens (tertiary/aromatic N) is 2. The third-order valence-electron chi connectivity index (χ3n) is 1.87. The van der Waals surface area contributed by atoms with E-state index in [9.17, 15) is 4.39 Å². The fourth-order valence-electron chi connectivity index (χ4n) is 1.24. The third-order valence-corrected chi connectivity index (χ3v) is 2.75. The molecule has 0 unspecified atom stereocenters. The molecule has 0 bridgehead atoms. The van der Waals surface area contributed by atoms with Crippen molar-refractivity contribution in [2.45, 2.75) is 0 Å². The number of fused-ring (bicyclic) bond motifs is 1. The normalized spacial score (nSPS) is 9.64. The zero-order chi connectivity index (χ0) is 10.1. The summed E-state index contributed by atoms with van der Waals surface area (Å²) in [4.78, 5) is 0. The highest BCUT2D eigenvalue weighted by Gasteiger charge is 2.07. The second kappa shape index (κ2) is 3.10. The maximum Gasteiger partial charge on any atom is 0.177 e. The lowest BCUT2D eigenvalue weighted by Crippen LogP contribution is -1.81. The first kappa shape index (κ1) is 8.68. The Kier molecular flexibility index (Phi) is 1.92. The van der Waals surface area contributed by atoms with Gasteiger partial charge in [0.05, 0.1) is 11.1 Å². The van der Waals surface area contributed by atoms with E-state index < -0.39 is 0 Å². The first-order chi connectivity index (χ1) is 6.74. The third kappa shape index (κ3) is 1.22. The molecule has 0 N–H and O–H groups in total. The standard InChI is InChI=1S/C10H3FN2S/c11-10-3-6-1-7(4-12)8(5-13)2-9(6)14-10/h1-3H. The largest absolute Gasteiger partial charge is 0.195 e. The molecule has 2 aromatic rings. The van der Waals surface area contributed by atoms with E-state index >= 15 is 0 Å². The Balaban J connectivity index is 2.84. The highest BCUT2D eigenvalue weighted by atomic mass is 32.1. The highest BCUT2D eigenvalue weighted by Crippen LogP contribution is 2.27. The van der Waals surface area contributed by atoms with Gasteiger partial charge in [-0.3, -0.25) is 0 Å². The Bertz CT molecular complexity index is 535. The zero-order valence-electron chi connectivity index (χ0n) is 6.91. The van der Waals surface area contributed by atoms with E-state index in [1.165, 1.54) is 12.1 Å². The molecule has 14 heavy (non-hydrogen) atoms. The number of hydrogen-bond acceptors (Lipinski definition) is 3. The number of halogens is 1. The predicted molar refractivity (Wildman–Crippen MR) is 51.2 cm³/mol. The summed E-state index contributed by atoms with van der Waals surface area (Å²) < 4.78 is 13.5. The molecule has 2 nitrogen and oxygen atoms in total. The topological polar surface area (TPSA) is 47.6 Å². The average molecular weight is 202 g/mol. The molecular formula is C10H3FN2S. The predicted octanol–water partition coefficient (Wildman–Crippen LogP) is 2.78. The van der Waals surface area contributed by atoms with E-state index in [-0.39, 0.29) is 10.7 Å². The van der Waals surface area contributed by atoms with Crippen LogP contribution in [0.15, 0.2) is 18.2 Å². The van der Waals surface area contributed by atoms with Crippen molar-refractivity contribution in [1.29, 1.82) is 10.5 Å². The van der Waals surface area contributed by atoms with Crippen LogP contribution >= 0.6 is 11.3 Å². The first-order valence-corrected chi connectivity index (χ1v) is 4.59. The lowest BCUT2D eigenvalue weighted by molar-refractivity contribution is 0.658. The van der Waals surface area contributed by atoms with Crippen LogP contribution in [-0.2, 0) is 0 Å². The monoisotopic (exact) mass is 202 g/mol. The highest BCUT2D eigenvalue weighted by molar-refractivity contribution is 7.17. The van der Waals surface area contributed by atoms with Gasteiger partial charge in [-0.15, -0.1) is 11.3 Å². The molecular weight excluding hydrogens is 199 g/mol. The summed E-state index contributed by atoms with van der Waals surface area (Å²) >= 11 is 0.974. The Morgan fingerprint density at radius 3 is 2.36 bits per heavy atom. The summed E-state index contributed by atoms with van der Waals surface area (Å²) in [5.41, 5.74) is 0.583. The quantitative estimate of drug-likeness (QED) is 0.659. The molecule has 1 aromatic heterocycles. The van der Waals surface area contributed by atoms with Crippen molar-refractivity contribution in [3.05, 3.63) is 34.5 Å². The molecule has 0 saturated carbocycles. The average Bonchev–Trinajstić information content (AvgIpc) is 2.54. The molecule has 0 amide bonds. The van der Waals surface area contributed by atoms with Gasteiger partial charge in [0, 0.05) is 4.70 Å². The lowest BCUT2D eigenvalue weighted by atomic mass is 10.1. The Hall–Kier alpha value is -1.91. The van der Waals surface area contributed by atoms with Crippen molar-refractivity contribution < 1.29 is 4.39 Å². The molecule has 66 valence electrons. The van der Waals surface area contributed by atoms with Crippen LogP contribution in [0.2, 0.25) is 0 Å². The van der Waals surface area contributed by atoms with Crippen LogP contribution in [0.5, 0.6) is 0 Å². The summed E-state index contributed by atoms with van der Waals surface area (Å²) in [6.07, 6.45) is 0. The van der Waals surface area contributed by atoms with Gasteiger partial charge < -0.3 is 0 Å². The minimum atomic E-state index is -0.307. The van der Waals surface area contributed by atoms with E-state index in [0.29, 0.717) is 15.6 Å². The lowest BCUT2D eigenvalue weighted by Gasteiger charge is -1.93. The molecule has 0 saturated heterocycles. The second-order valence-corrected chi connectivity index (χ2v) is 3.74. The molecule has 0 aliphatic heterocycles. The number of benzene rings is 1. The van der Waals surface area contributed by atoms with Gasteiger partial charge >= 0.3 is 0 Å². The molecule has 1 aromatic carbocycles. The smallest absolute Gasteiger partial charge is 0.177 e. The second-order valence-electron chi connectivity index (χ2n) is 2.71. The minimum absolute atomic E-state index is 0.290. The fourth-order valence-corrected chi connectivity index (χ4v) is 2.05. The van der Waals surface area contributed by atoms with Gasteiger partial charge in [0.2, 0.25) is 0 Å². The van der Waals surface area contributed by atoms with Gasteiger partial charge in [-0.1, -0.05) is 0 Å². The number of rotatable bonds is 0. The molecule has 2 rings (SSSR count). The number of nitriles is 2. The maximum atomic E-state index is 12.8. The summed E-state index contributed by atoms with van der Waals surface area (Å²) in [6.45, 7) is 0. The van der Waals surface area contributed by atoms with Crippen molar-refractivity contribution in [2.75, 3.05) is 0 Å². The molecule has 4 heteroatoms. The van der Waals surface area contributed by atoms with E-state index in [0.717, 1.165) is 11.3 Å². The molecule has 0 radical (unpaired) electrons. The number of thiophene rings is 1. The molecule has 0 spiro atoms. The molecule has 0 atom stereocenters. The van der Waals surface area contributed by atoms with Crippen LogP contribution in [0.3, 0.4) is 0 Å². The van der Waals surface area contributed by atoms with Gasteiger partial charge in [0.15, 0.2) is 5.13 Å². The Morgan fingerprint density at radius 1 is 1.07 bits per heavy atom. The van der Waals surface area contributed by atoms with Crippen LogP contribution in [0, 0.1) is 27.8 Å². The summed E-state index contributed by atoms with van der Waals surface area (Å²) in [7, 11) is 0. The minimum Gasteiger partial charge on any atom is -0.195 e. The summed E-state index contributed by atoms with van der Waals surface area (Å²) in [5, 5.41) is 17.8. The van der Waals surface area contributed by atoms with Crippen LogP contribution in [0.4, 0.5) is 4.39 Å². The Morgan fingerprint density at radius 2 is 1.71 bits per heavy atom. The van der Waals surface area contributed by atoms with Gasteiger partial charge in [-0.05, 0) is 23.6 Å². The van der Waals surface area contributed by atoms with Crippen molar-refractivity contribution in [3.63, 3.8) is 0 Å². The van der Waals surface area contributed by atoms with Crippen LogP contribution in [0.1, 0.15) is 11.1 Å². The van der Waals surface area contributed by atoms with E-state index in [1.54, 1.807) is 6.07 Å². The summed E-state index contributed by atoms with van der Waals surface area (Å²) in [5.74, 6) is 0. The van der Waals surface area contributed by atoms with Crippen molar-refractivity contribution >= 4 is 21.4 Å². The van der Waals surface area contributed by atoms with Crippen molar-refractivity contribution in [1.82, 2.24) is 0 Å². The Labute approximate surface area is 83.4 Å². The SMILES string of the molecule is N#Cc1cc2cc(F)sc2cc1C#N. The van der Waals surface area contributed by atoms with Crippen LogP contribution in [0.25, 0.3) is 10.1 Å². The van der Waals surface area contributed by atoms with Crippen molar-refractivity contribution in [2.24, 2.45) is 0 Å². The first-order valence-electron chi connectivity index (χ1n) is 3.78. The van der Waals surface area contributed by atoms with Gasteiger partial charge in [0.25, 0.3) is 0 Å². The molecule has 1 heterocycles. The maximum absolute atomic E-state index is 12.8. The van der Waals surface area contributed by atoms with Crippen molar-refractivity contribution in [3.8, 4) is 12.1 Å². The number of hydrogen-bond donors (Lipinski definition) is 0.